The van der Waals surface area contributed by atoms with Gasteiger partial charge < -0.3 is 0 Å². The molecular weight excluding hydrogens is 376 g/mol. The van der Waals surface area contributed by atoms with Crippen LogP contribution in [0, 0.1) is 56.7 Å². The van der Waals surface area contributed by atoms with Crippen molar-refractivity contribution in [2.45, 2.75) is 113 Å². The maximum atomic E-state index is 12.9. The van der Waals surface area contributed by atoms with Crippen LogP contribution in [0.1, 0.15) is 113 Å². The number of carbonyl (C=O) groups is 1. The predicted molar refractivity (Wildman–Crippen MR) is 130 cm³/mol. The van der Waals surface area contributed by atoms with E-state index in [9.17, 15) is 4.79 Å². The number of Topliss-reactive ketones (excluding diaryl/α,β-unsaturated/α-hetero) is 1. The van der Waals surface area contributed by atoms with Crippen molar-refractivity contribution in [1.29, 1.82) is 0 Å². The predicted octanol–water partition coefficient (Wildman–Crippen LogP) is 8.23. The van der Waals surface area contributed by atoms with Gasteiger partial charge >= 0.3 is 0 Å². The topological polar surface area (TPSA) is 17.1 Å². The van der Waals surface area contributed by atoms with Gasteiger partial charge in [0.2, 0.25) is 0 Å². The lowest BCUT2D eigenvalue weighted by Gasteiger charge is -2.72. The Morgan fingerprint density at radius 3 is 2.19 bits per heavy atom. The van der Waals surface area contributed by atoms with Gasteiger partial charge in [-0.1, -0.05) is 53.7 Å². The first-order valence-corrected chi connectivity index (χ1v) is 13.5. The summed E-state index contributed by atoms with van der Waals surface area (Å²) in [5.74, 6) is 4.33. The van der Waals surface area contributed by atoms with Gasteiger partial charge in [-0.3, -0.25) is 4.79 Å². The molecule has 1 heteroatoms. The van der Waals surface area contributed by atoms with Crippen LogP contribution in [0.5, 0.6) is 0 Å². The first kappa shape index (κ1) is 22.2. The van der Waals surface area contributed by atoms with Crippen molar-refractivity contribution >= 4 is 5.78 Å². The Labute approximate surface area is 192 Å². The Morgan fingerprint density at radius 1 is 0.806 bits per heavy atom. The Bertz CT molecular complexity index is 807. The maximum absolute atomic E-state index is 12.9. The molecule has 0 aromatic rings. The molecule has 5 aliphatic carbocycles. The lowest BCUT2D eigenvalue weighted by molar-refractivity contribution is -0.232. The van der Waals surface area contributed by atoms with Crippen molar-refractivity contribution in [3.8, 4) is 0 Å². The number of fused-ring (bicyclic) bond motifs is 7. The molecule has 5 aliphatic rings. The van der Waals surface area contributed by atoms with E-state index in [4.69, 9.17) is 0 Å². The molecule has 1 nitrogen and oxygen atoms in total. The minimum atomic E-state index is -0.131. The number of hydrogen-bond acceptors (Lipinski definition) is 1. The zero-order valence-electron chi connectivity index (χ0n) is 21.6. The summed E-state index contributed by atoms with van der Waals surface area (Å²) >= 11 is 0. The van der Waals surface area contributed by atoms with Crippen LogP contribution in [0.4, 0.5) is 0 Å². The zero-order chi connectivity index (χ0) is 22.6. The molecule has 0 saturated heterocycles. The first-order chi connectivity index (χ1) is 14.3. The molecule has 31 heavy (non-hydrogen) atoms. The van der Waals surface area contributed by atoms with E-state index in [1.54, 1.807) is 0 Å². The lowest BCUT2D eigenvalue weighted by atomic mass is 9.32. The Balaban J connectivity index is 1.55. The normalized spacial score (nSPS) is 55.6. The average molecular weight is 425 g/mol. The summed E-state index contributed by atoms with van der Waals surface area (Å²) in [6, 6.07) is 0. The van der Waals surface area contributed by atoms with E-state index in [1.807, 2.05) is 0 Å². The van der Waals surface area contributed by atoms with Gasteiger partial charge in [0.25, 0.3) is 0 Å². The van der Waals surface area contributed by atoms with Crippen LogP contribution in [0.15, 0.2) is 12.2 Å². The second kappa shape index (κ2) is 6.50. The molecule has 0 N–H and O–H groups in total. The van der Waals surface area contributed by atoms with E-state index >= 15 is 0 Å². The minimum Gasteiger partial charge on any atom is -0.299 e. The van der Waals surface area contributed by atoms with Crippen LogP contribution < -0.4 is 0 Å². The Hall–Kier alpha value is -0.590. The summed E-state index contributed by atoms with van der Waals surface area (Å²) in [6.45, 7) is 22.0. The molecule has 0 amide bonds. The van der Waals surface area contributed by atoms with Gasteiger partial charge in [-0.05, 0) is 116 Å². The molecule has 5 fully saturated rings. The van der Waals surface area contributed by atoms with E-state index in [0.29, 0.717) is 33.4 Å². The highest BCUT2D eigenvalue weighted by molar-refractivity contribution is 5.85. The van der Waals surface area contributed by atoms with Crippen LogP contribution in [-0.4, -0.2) is 5.78 Å². The van der Waals surface area contributed by atoms with Crippen molar-refractivity contribution in [1.82, 2.24) is 0 Å². The summed E-state index contributed by atoms with van der Waals surface area (Å²) < 4.78 is 0. The molecule has 0 spiro atoms. The third-order valence-electron chi connectivity index (χ3n) is 13.2. The number of allylic oxidation sites excluding steroid dienone is 1. The van der Waals surface area contributed by atoms with E-state index in [1.165, 1.54) is 56.9 Å². The molecule has 0 aromatic carbocycles. The number of rotatable bonds is 1. The highest BCUT2D eigenvalue weighted by Gasteiger charge is 2.70. The van der Waals surface area contributed by atoms with Gasteiger partial charge in [0, 0.05) is 11.8 Å². The van der Waals surface area contributed by atoms with Crippen LogP contribution in [-0.2, 0) is 4.79 Å². The van der Waals surface area contributed by atoms with Crippen molar-refractivity contribution in [2.24, 2.45) is 56.7 Å². The van der Waals surface area contributed by atoms with Gasteiger partial charge in [0.1, 0.15) is 5.78 Å². The third kappa shape index (κ3) is 2.59. The number of carbonyl (C=O) groups excluding carboxylic acids is 1. The molecule has 0 radical (unpaired) electrons. The summed E-state index contributed by atoms with van der Waals surface area (Å²) in [5, 5.41) is 0. The Morgan fingerprint density at radius 2 is 1.52 bits per heavy atom. The van der Waals surface area contributed by atoms with E-state index in [-0.39, 0.29) is 5.41 Å². The van der Waals surface area contributed by atoms with E-state index in [2.05, 4.69) is 55.0 Å². The van der Waals surface area contributed by atoms with Crippen LogP contribution in [0.2, 0.25) is 0 Å². The molecule has 9 atom stereocenters. The highest BCUT2D eigenvalue weighted by atomic mass is 16.1. The van der Waals surface area contributed by atoms with Crippen molar-refractivity contribution in [3.05, 3.63) is 12.2 Å². The quantitative estimate of drug-likeness (QED) is 0.387. The summed E-state index contributed by atoms with van der Waals surface area (Å²) in [5.41, 5.74) is 3.06. The zero-order valence-corrected chi connectivity index (χ0v) is 21.6. The van der Waals surface area contributed by atoms with Crippen LogP contribution >= 0.6 is 0 Å². The lowest BCUT2D eigenvalue weighted by Crippen LogP contribution is -2.66. The monoisotopic (exact) mass is 424 g/mol. The fraction of sp³-hybridized carbons (Fsp3) is 0.900. The van der Waals surface area contributed by atoms with Gasteiger partial charge in [0.15, 0.2) is 0 Å². The maximum Gasteiger partial charge on any atom is 0.138 e. The number of hydrogen-bond donors (Lipinski definition) is 0. The van der Waals surface area contributed by atoms with Gasteiger partial charge in [-0.25, -0.2) is 0 Å². The molecule has 0 heterocycles. The Kier molecular flexibility index (Phi) is 4.66. The molecule has 1 unspecified atom stereocenters. The first-order valence-electron chi connectivity index (χ1n) is 13.5. The molecule has 0 aromatic heterocycles. The number of ketones is 1. The molecule has 174 valence electrons. The summed E-state index contributed by atoms with van der Waals surface area (Å²) in [4.78, 5) is 12.9. The largest absolute Gasteiger partial charge is 0.299 e. The highest BCUT2D eigenvalue weighted by Crippen LogP contribution is 2.77. The SMILES string of the molecule is C=C(C)[C@@H]1CC[C@]2(C)CC[C@]3(C)[C@H](CC[C@@H]4[C@@]5(C)CCC(=O)C(C)(C)[C@@H]5CC[C@]43C)C12. The van der Waals surface area contributed by atoms with Crippen LogP contribution in [0.25, 0.3) is 0 Å². The second-order valence-corrected chi connectivity index (χ2v) is 14.5. The standard InChI is InChI=1S/C30H48O/c1-19(2)20-11-14-27(5)17-18-29(7)21(25(20)27)9-10-23-28(6)15-13-24(31)26(3,4)22(28)12-16-30(23,29)8/h20-23,25H,1,9-18H2,2-8H3/t20-,21+,22-,23+,25?,27+,28-,29+,30+/m0/s1. The van der Waals surface area contributed by atoms with Crippen LogP contribution in [0.3, 0.4) is 0 Å². The average Bonchev–Trinajstić information content (AvgIpc) is 3.04. The van der Waals surface area contributed by atoms with Crippen molar-refractivity contribution in [3.63, 3.8) is 0 Å². The minimum absolute atomic E-state index is 0.131. The summed E-state index contributed by atoms with van der Waals surface area (Å²) in [7, 11) is 0. The van der Waals surface area contributed by atoms with E-state index < -0.39 is 0 Å². The van der Waals surface area contributed by atoms with Gasteiger partial charge in [-0.2, -0.15) is 0 Å². The van der Waals surface area contributed by atoms with Gasteiger partial charge in [-0.15, -0.1) is 0 Å². The van der Waals surface area contributed by atoms with E-state index in [0.717, 1.165) is 36.5 Å². The molecular formula is C30H48O. The van der Waals surface area contributed by atoms with Crippen molar-refractivity contribution < 1.29 is 4.79 Å². The van der Waals surface area contributed by atoms with Crippen molar-refractivity contribution in [2.75, 3.05) is 0 Å². The summed E-state index contributed by atoms with van der Waals surface area (Å²) in [6.07, 6.45) is 13.0. The molecule has 0 bridgehead atoms. The van der Waals surface area contributed by atoms with Gasteiger partial charge in [0.05, 0.1) is 0 Å². The third-order valence-corrected chi connectivity index (χ3v) is 13.2. The fourth-order valence-corrected chi connectivity index (χ4v) is 11.3. The smallest absolute Gasteiger partial charge is 0.138 e. The molecule has 5 saturated carbocycles. The second-order valence-electron chi connectivity index (χ2n) is 14.5. The molecule has 5 rings (SSSR count). The molecule has 0 aliphatic heterocycles. The fourth-order valence-electron chi connectivity index (χ4n) is 11.3.